The van der Waals surface area contributed by atoms with Crippen LogP contribution in [0.5, 0.6) is 11.5 Å². The van der Waals surface area contributed by atoms with Crippen LogP contribution < -0.4 is 25.0 Å². The topological polar surface area (TPSA) is 253 Å². The van der Waals surface area contributed by atoms with Crippen LogP contribution in [0.3, 0.4) is 0 Å². The molecule has 2 aliphatic carbocycles. The Hall–Kier alpha value is -8.02. The summed E-state index contributed by atoms with van der Waals surface area (Å²) < 4.78 is 36.6. The van der Waals surface area contributed by atoms with E-state index in [1.807, 2.05) is 24.3 Å². The first kappa shape index (κ1) is 59.3. The SMILES string of the molecule is CC1(C)CCC(CN2CCN(c3ccc(C(=O)NS(=O)(=O)c4ccc(NC[C@H]5CC[C@H](N6CCN(Cc7ccc8c(c7)C(=O)N(C7CCC(=O)NC7=O)C8=O)CC6)CC5)c([N+](=O)[O-])c4)c(Oc4cnc5[nH]ccc5c4)c3)CC2)=C(c2ccc(Cl)cc2)C1. The van der Waals surface area contributed by atoms with E-state index in [1.165, 1.54) is 35.0 Å². The Kier molecular flexibility index (Phi) is 16.8. The number of hydrogen-bond donors (Lipinski definition) is 4. The minimum Gasteiger partial charge on any atom is -0.455 e. The number of piperazine rings is 2. The molecule has 4 fully saturated rings. The Morgan fingerprint density at radius 2 is 1.55 bits per heavy atom. The van der Waals surface area contributed by atoms with Crippen molar-refractivity contribution in [2.45, 2.75) is 95.2 Å². The van der Waals surface area contributed by atoms with Crippen LogP contribution >= 0.6 is 11.6 Å². The molecule has 4 N–H and O–H groups in total. The molecule has 2 aromatic heterocycles. The second-order valence-electron chi connectivity index (χ2n) is 24.6. The molecule has 0 radical (unpaired) electrons. The number of aromatic nitrogens is 2. The van der Waals surface area contributed by atoms with Crippen LogP contribution in [0.25, 0.3) is 16.6 Å². The summed E-state index contributed by atoms with van der Waals surface area (Å²) >= 11 is 6.27. The second kappa shape index (κ2) is 24.6. The number of H-pyrrole nitrogens is 1. The van der Waals surface area contributed by atoms with Gasteiger partial charge in [-0.1, -0.05) is 49.2 Å². The van der Waals surface area contributed by atoms with Gasteiger partial charge in [0.05, 0.1) is 32.7 Å². The summed E-state index contributed by atoms with van der Waals surface area (Å²) in [6.45, 7) is 12.9. The van der Waals surface area contributed by atoms with Crippen LogP contribution in [0, 0.1) is 21.4 Å². The summed E-state index contributed by atoms with van der Waals surface area (Å²) in [6.07, 6.45) is 10.3. The number of halogens is 1. The number of nitrogens with one attached hydrogen (secondary N) is 4. The molecule has 454 valence electrons. The van der Waals surface area contributed by atoms with E-state index in [2.05, 4.69) is 70.9 Å². The number of rotatable bonds is 17. The van der Waals surface area contributed by atoms with Crippen LogP contribution in [-0.2, 0) is 26.2 Å². The van der Waals surface area contributed by atoms with Crippen molar-refractivity contribution in [1.29, 1.82) is 0 Å². The molecule has 4 aliphatic heterocycles. The molecule has 6 aromatic rings. The van der Waals surface area contributed by atoms with E-state index in [4.69, 9.17) is 16.3 Å². The average molecular weight is 1220 g/mol. The number of carbonyl (C=O) groups excluding carboxylic acids is 5. The fraction of sp³-hybridized carbons (Fsp3) is 0.406. The lowest BCUT2D eigenvalue weighted by Crippen LogP contribution is -2.54. The van der Waals surface area contributed by atoms with Gasteiger partial charge in [-0.05, 0) is 140 Å². The number of anilines is 2. The van der Waals surface area contributed by atoms with Gasteiger partial charge in [-0.2, -0.15) is 0 Å². The van der Waals surface area contributed by atoms with Gasteiger partial charge in [0.25, 0.3) is 33.4 Å². The maximum atomic E-state index is 14.2. The summed E-state index contributed by atoms with van der Waals surface area (Å²) in [5.74, 6) is -2.41. The van der Waals surface area contributed by atoms with Gasteiger partial charge in [0.1, 0.15) is 28.9 Å². The zero-order valence-corrected chi connectivity index (χ0v) is 50.3. The van der Waals surface area contributed by atoms with Crippen molar-refractivity contribution < 1.29 is 42.1 Å². The maximum Gasteiger partial charge on any atom is 0.293 e. The Morgan fingerprint density at radius 1 is 0.816 bits per heavy atom. The van der Waals surface area contributed by atoms with Crippen molar-refractivity contribution in [3.63, 3.8) is 0 Å². The Labute approximate surface area is 509 Å². The van der Waals surface area contributed by atoms with E-state index in [1.54, 1.807) is 42.6 Å². The summed E-state index contributed by atoms with van der Waals surface area (Å²) in [4.78, 5) is 94.5. The molecule has 87 heavy (non-hydrogen) atoms. The molecule has 3 saturated heterocycles. The predicted molar refractivity (Wildman–Crippen MR) is 329 cm³/mol. The summed E-state index contributed by atoms with van der Waals surface area (Å²) in [6, 6.07) is 25.0. The lowest BCUT2D eigenvalue weighted by Gasteiger charge is -2.42. The number of piperidine rings is 1. The van der Waals surface area contributed by atoms with Gasteiger partial charge >= 0.3 is 0 Å². The molecule has 6 heterocycles. The molecule has 5 amide bonds. The molecular formula is C64H70ClN11O10S. The van der Waals surface area contributed by atoms with E-state index >= 15 is 0 Å². The Bertz CT molecular complexity index is 3850. The third-order valence-electron chi connectivity index (χ3n) is 18.3. The second-order valence-corrected chi connectivity index (χ2v) is 26.7. The van der Waals surface area contributed by atoms with Crippen LogP contribution in [0.4, 0.5) is 17.1 Å². The fourth-order valence-corrected chi connectivity index (χ4v) is 14.4. The lowest BCUT2D eigenvalue weighted by atomic mass is 9.72. The number of benzene rings is 4. The fourth-order valence-electron chi connectivity index (χ4n) is 13.3. The molecule has 0 bridgehead atoms. The van der Waals surface area contributed by atoms with E-state index in [-0.39, 0.29) is 52.3 Å². The van der Waals surface area contributed by atoms with Crippen LogP contribution in [0.1, 0.15) is 114 Å². The number of sulfonamides is 1. The number of carbonyl (C=O) groups is 5. The van der Waals surface area contributed by atoms with Gasteiger partial charge in [-0.3, -0.25) is 59.0 Å². The molecule has 23 heteroatoms. The minimum atomic E-state index is -4.64. The number of fused-ring (bicyclic) bond motifs is 2. The number of nitrogens with zero attached hydrogens (tertiary/aromatic N) is 7. The van der Waals surface area contributed by atoms with Gasteiger partial charge in [0.15, 0.2) is 0 Å². The molecule has 1 saturated carbocycles. The van der Waals surface area contributed by atoms with Crippen molar-refractivity contribution >= 4 is 84.8 Å². The molecule has 21 nitrogen and oxygen atoms in total. The van der Waals surface area contributed by atoms with Crippen molar-refractivity contribution in [1.82, 2.24) is 39.6 Å². The third kappa shape index (κ3) is 13.0. The number of imide groups is 2. The first-order chi connectivity index (χ1) is 41.8. The number of nitro benzene ring substituents is 1. The smallest absolute Gasteiger partial charge is 0.293 e. The van der Waals surface area contributed by atoms with Gasteiger partial charge in [0, 0.05) is 119 Å². The van der Waals surface area contributed by atoms with Crippen molar-refractivity contribution in [3.05, 3.63) is 152 Å². The van der Waals surface area contributed by atoms with Gasteiger partial charge in [0.2, 0.25) is 11.8 Å². The largest absolute Gasteiger partial charge is 0.455 e. The number of nitro groups is 1. The van der Waals surface area contributed by atoms with Gasteiger partial charge in [-0.25, -0.2) is 18.1 Å². The Balaban J connectivity index is 0.648. The normalized spacial score (nSPS) is 21.5. The number of pyridine rings is 1. The first-order valence-corrected chi connectivity index (χ1v) is 31.8. The molecule has 1 atom stereocenters. The summed E-state index contributed by atoms with van der Waals surface area (Å²) in [5, 5.41) is 19.5. The zero-order valence-electron chi connectivity index (χ0n) is 48.7. The van der Waals surface area contributed by atoms with E-state index < -0.39 is 61.1 Å². The van der Waals surface area contributed by atoms with E-state index in [9.17, 15) is 42.5 Å². The maximum absolute atomic E-state index is 14.2. The van der Waals surface area contributed by atoms with Gasteiger partial charge in [-0.15, -0.1) is 0 Å². The minimum absolute atomic E-state index is 0.0583. The summed E-state index contributed by atoms with van der Waals surface area (Å²) in [5.41, 5.74) is 6.80. The third-order valence-corrected chi connectivity index (χ3v) is 19.9. The number of aromatic amines is 1. The van der Waals surface area contributed by atoms with E-state index in [0.29, 0.717) is 48.6 Å². The highest BCUT2D eigenvalue weighted by Crippen LogP contribution is 2.44. The number of ether oxygens (including phenoxy) is 1. The molecule has 0 spiro atoms. The molecule has 4 aromatic carbocycles. The number of amides is 5. The van der Waals surface area contributed by atoms with Crippen LogP contribution in [0.2, 0.25) is 5.02 Å². The van der Waals surface area contributed by atoms with Crippen molar-refractivity contribution in [3.8, 4) is 11.5 Å². The van der Waals surface area contributed by atoms with Crippen molar-refractivity contribution in [2.24, 2.45) is 11.3 Å². The van der Waals surface area contributed by atoms with Gasteiger partial charge < -0.3 is 19.9 Å². The van der Waals surface area contributed by atoms with Crippen LogP contribution in [0.15, 0.2) is 114 Å². The standard InChI is InChI=1S/C64H70ClN11O10S/c1-64(2)21-19-44(53(35-64)42-6-8-45(65)9-7-42)39-72-25-29-74(30-26-72)47-12-15-51(57(33-47)86-48-32-43-20-22-66-59(43)68-37-48)60(78)70-87(84,85)49-13-16-54(56(34-49)76(82)83)67-36-40-3-10-46(11-4-40)73-27-23-71(24-28-73)38-41-5-14-50-52(31-41)63(81)75(62(50)80)55-17-18-58(77)69-61(55)79/h5-9,12-16,20,22,31-34,37,40,46,55,67H,3-4,10-11,17-19,21,23-30,35-36,38-39H2,1-2H3,(H,66,68)(H,70,78)(H,69,77,79)/t40-,46-,55?. The monoisotopic (exact) mass is 1220 g/mol. The Morgan fingerprint density at radius 3 is 2.30 bits per heavy atom. The highest BCUT2D eigenvalue weighted by Gasteiger charge is 2.45. The average Bonchev–Trinajstić information content (AvgIpc) is 2.03. The molecule has 1 unspecified atom stereocenters. The highest BCUT2D eigenvalue weighted by molar-refractivity contribution is 7.90. The van der Waals surface area contributed by atoms with E-state index in [0.717, 1.165) is 118 Å². The summed E-state index contributed by atoms with van der Waals surface area (Å²) in [7, 11) is -4.64. The van der Waals surface area contributed by atoms with Crippen molar-refractivity contribution in [2.75, 3.05) is 75.7 Å². The zero-order chi connectivity index (χ0) is 60.7. The molecular weight excluding hydrogens is 1150 g/mol. The first-order valence-electron chi connectivity index (χ1n) is 29.9. The van der Waals surface area contributed by atoms with Crippen LogP contribution in [-0.4, -0.2) is 150 Å². The molecule has 12 rings (SSSR count). The number of hydrogen-bond acceptors (Lipinski definition) is 16. The number of allylic oxidation sites excluding steroid dienone is 1. The highest BCUT2D eigenvalue weighted by atomic mass is 35.5. The lowest BCUT2D eigenvalue weighted by molar-refractivity contribution is -0.384. The quantitative estimate of drug-likeness (QED) is 0.0377. The molecule has 6 aliphatic rings. The predicted octanol–water partition coefficient (Wildman–Crippen LogP) is 9.01.